The van der Waals surface area contributed by atoms with E-state index in [2.05, 4.69) is 0 Å². The summed E-state index contributed by atoms with van der Waals surface area (Å²) in [5.41, 5.74) is -8.68. The second-order valence-corrected chi connectivity index (χ2v) is 5.62. The maximum Gasteiger partial charge on any atom is 1.00 e. The molecule has 0 fully saturated rings. The molecule has 0 aromatic rings. The molecule has 0 bridgehead atoms. The molecule has 0 aromatic heterocycles. The minimum Gasteiger partial charge on any atom is -0.832 e. The van der Waals surface area contributed by atoms with Crippen LogP contribution in [0.4, 0.5) is 92.2 Å². The van der Waals surface area contributed by atoms with E-state index in [1.54, 1.807) is 0 Å². The fourth-order valence-corrected chi connectivity index (χ4v) is 1.70. The third kappa shape index (κ3) is 4.43. The van der Waals surface area contributed by atoms with Gasteiger partial charge in [-0.05, 0) is 0 Å². The number of hydrogen-bond acceptors (Lipinski definition) is 1. The van der Waals surface area contributed by atoms with Crippen LogP contribution in [0.1, 0.15) is 0 Å². The molecular weight excluding hydrogens is 574 g/mol. The molecule has 1 nitrogen and oxygen atoms in total. The summed E-state index contributed by atoms with van der Waals surface area (Å²) in [6, 6.07) is 0. The summed E-state index contributed by atoms with van der Waals surface area (Å²) >= 11 is 0. The molecule has 0 N–H and O–H groups in total. The SMILES string of the molecule is [K+].[O-]C(C(F)(F)F)(C(F)(F)F)C(F)(F)C(F)(F)C(F)(F)C(F)(F)C(F)(F)C(F)(F)C(F)(F)F. The summed E-state index contributed by atoms with van der Waals surface area (Å²) < 4.78 is 264. The Morgan fingerprint density at radius 1 is 0.273 bits per heavy atom. The van der Waals surface area contributed by atoms with Gasteiger partial charge in [0.25, 0.3) is 0 Å². The van der Waals surface area contributed by atoms with E-state index in [-0.39, 0.29) is 51.4 Å². The van der Waals surface area contributed by atoms with Crippen molar-refractivity contribution in [3.63, 3.8) is 0 Å². The van der Waals surface area contributed by atoms with Gasteiger partial charge in [-0.25, -0.2) is 0 Å². The van der Waals surface area contributed by atoms with Gasteiger partial charge in [0.15, 0.2) is 5.60 Å². The fourth-order valence-electron chi connectivity index (χ4n) is 1.70. The largest absolute Gasteiger partial charge is 1.00 e. The summed E-state index contributed by atoms with van der Waals surface area (Å²) in [5.74, 6) is -54.2. The zero-order valence-corrected chi connectivity index (χ0v) is 17.5. The van der Waals surface area contributed by atoms with Crippen LogP contribution in [0.3, 0.4) is 0 Å². The fraction of sp³-hybridized carbons (Fsp3) is 1.00. The molecule has 0 aliphatic rings. The van der Waals surface area contributed by atoms with Gasteiger partial charge in [-0.2, -0.15) is 92.2 Å². The Bertz CT molecular complexity index is 681. The van der Waals surface area contributed by atoms with Crippen molar-refractivity contribution in [2.45, 2.75) is 59.7 Å². The quantitative estimate of drug-likeness (QED) is 0.354. The first kappa shape index (κ1) is 35.3. The summed E-state index contributed by atoms with van der Waals surface area (Å²) in [6.45, 7) is 0. The van der Waals surface area contributed by atoms with Crippen molar-refractivity contribution < 1.29 is 149 Å². The summed E-state index contributed by atoms with van der Waals surface area (Å²) in [7, 11) is 0. The zero-order valence-electron chi connectivity index (χ0n) is 14.3. The monoisotopic (exact) mass is 574 g/mol. The molecule has 0 aliphatic heterocycles. The van der Waals surface area contributed by atoms with Crippen molar-refractivity contribution in [3.8, 4) is 0 Å². The van der Waals surface area contributed by atoms with E-state index in [1.807, 2.05) is 0 Å². The van der Waals surface area contributed by atoms with E-state index in [4.69, 9.17) is 0 Å². The normalized spacial score (nSPS) is 16.5. The van der Waals surface area contributed by atoms with Crippen LogP contribution >= 0.6 is 0 Å². The summed E-state index contributed by atoms with van der Waals surface area (Å²) in [5, 5.41) is 10.6. The van der Waals surface area contributed by atoms with Crippen LogP contribution < -0.4 is 56.5 Å². The summed E-state index contributed by atoms with van der Waals surface area (Å²) in [6.07, 6.45) is -24.7. The Hall–Kier alpha value is 0.126. The van der Waals surface area contributed by atoms with Gasteiger partial charge >= 0.3 is 105 Å². The smallest absolute Gasteiger partial charge is 0.832 e. The van der Waals surface area contributed by atoms with E-state index in [9.17, 15) is 97.3 Å². The van der Waals surface area contributed by atoms with Crippen molar-refractivity contribution in [3.05, 3.63) is 0 Å². The van der Waals surface area contributed by atoms with Crippen molar-refractivity contribution in [1.29, 1.82) is 0 Å². The van der Waals surface area contributed by atoms with E-state index in [0.717, 1.165) is 0 Å². The molecule has 33 heavy (non-hydrogen) atoms. The standard InChI is InChI=1S/C10F21O.K/c11-2(12,1(32,8(23,24)25)9(26,27)28)3(13,14)4(15,16)5(17,18)6(19,20)7(21,22)10(29,30)31;/q-1;+1. The van der Waals surface area contributed by atoms with Crippen LogP contribution in [0, 0.1) is 0 Å². The van der Waals surface area contributed by atoms with E-state index in [1.165, 1.54) is 0 Å². The molecule has 0 aromatic carbocycles. The zero-order chi connectivity index (χ0) is 27.0. The minimum atomic E-state index is -9.28. The van der Waals surface area contributed by atoms with Gasteiger partial charge in [-0.3, -0.25) is 0 Å². The Kier molecular flexibility index (Phi) is 9.21. The van der Waals surface area contributed by atoms with Crippen LogP contribution in [0.2, 0.25) is 0 Å². The maximum absolute atomic E-state index is 13.2. The third-order valence-electron chi connectivity index (χ3n) is 3.57. The molecule has 0 heterocycles. The first-order chi connectivity index (χ1) is 13.2. The maximum atomic E-state index is 13.2. The Balaban J connectivity index is 0. The topological polar surface area (TPSA) is 23.1 Å². The Morgan fingerprint density at radius 3 is 0.636 bits per heavy atom. The molecular formula is C10F21KO. The molecule has 0 unspecified atom stereocenters. The van der Waals surface area contributed by atoms with E-state index >= 15 is 0 Å². The van der Waals surface area contributed by atoms with Gasteiger partial charge in [0, 0.05) is 0 Å². The minimum absolute atomic E-state index is 0. The first-order valence-electron chi connectivity index (χ1n) is 6.42. The van der Waals surface area contributed by atoms with E-state index in [0.29, 0.717) is 0 Å². The van der Waals surface area contributed by atoms with Gasteiger partial charge < -0.3 is 5.11 Å². The van der Waals surface area contributed by atoms with Gasteiger partial charge in [0.1, 0.15) is 0 Å². The predicted octanol–water partition coefficient (Wildman–Crippen LogP) is 2.59. The number of alkyl halides is 21. The van der Waals surface area contributed by atoms with Gasteiger partial charge in [0.05, 0.1) is 0 Å². The van der Waals surface area contributed by atoms with Crippen molar-refractivity contribution in [1.82, 2.24) is 0 Å². The Morgan fingerprint density at radius 2 is 0.455 bits per heavy atom. The first-order valence-corrected chi connectivity index (χ1v) is 6.42. The van der Waals surface area contributed by atoms with E-state index < -0.39 is 59.7 Å². The van der Waals surface area contributed by atoms with Gasteiger partial charge in [-0.1, -0.05) is 0 Å². The van der Waals surface area contributed by atoms with Crippen LogP contribution in [0.15, 0.2) is 0 Å². The summed E-state index contributed by atoms with van der Waals surface area (Å²) in [4.78, 5) is 0. The average Bonchev–Trinajstić information content (AvgIpc) is 2.49. The second kappa shape index (κ2) is 8.61. The number of hydrogen-bond donors (Lipinski definition) is 0. The number of rotatable bonds is 6. The molecule has 23 heteroatoms. The molecule has 0 saturated carbocycles. The van der Waals surface area contributed by atoms with Gasteiger partial charge in [0.2, 0.25) is 0 Å². The van der Waals surface area contributed by atoms with Crippen LogP contribution in [0.25, 0.3) is 0 Å². The molecule has 0 radical (unpaired) electrons. The molecule has 0 aliphatic carbocycles. The predicted molar refractivity (Wildman–Crippen MR) is 50.6 cm³/mol. The average molecular weight is 574 g/mol. The molecule has 0 amide bonds. The molecule has 0 saturated heterocycles. The van der Waals surface area contributed by atoms with Crippen LogP contribution in [-0.2, 0) is 0 Å². The molecule has 0 atom stereocenters. The second-order valence-electron chi connectivity index (χ2n) is 5.62. The number of halogens is 21. The van der Waals surface area contributed by atoms with Gasteiger partial charge in [-0.15, -0.1) is 0 Å². The molecule has 194 valence electrons. The van der Waals surface area contributed by atoms with Crippen molar-refractivity contribution >= 4 is 0 Å². The Labute approximate surface area is 207 Å². The third-order valence-corrected chi connectivity index (χ3v) is 3.57. The van der Waals surface area contributed by atoms with Crippen LogP contribution in [0.5, 0.6) is 0 Å². The van der Waals surface area contributed by atoms with Crippen molar-refractivity contribution in [2.24, 2.45) is 0 Å². The van der Waals surface area contributed by atoms with Crippen molar-refractivity contribution in [2.75, 3.05) is 0 Å². The molecule has 0 rings (SSSR count). The van der Waals surface area contributed by atoms with Crippen LogP contribution in [-0.4, -0.2) is 59.7 Å². The molecule has 0 spiro atoms.